The molecule has 0 saturated heterocycles. The predicted molar refractivity (Wildman–Crippen MR) is 127 cm³/mol. The first-order valence-corrected chi connectivity index (χ1v) is 11.3. The fourth-order valence-corrected chi connectivity index (χ4v) is 4.09. The second-order valence-corrected chi connectivity index (χ2v) is 8.76. The Hall–Kier alpha value is -3.45. The van der Waals surface area contributed by atoms with Crippen LogP contribution in [0.5, 0.6) is 11.5 Å². The third kappa shape index (κ3) is 5.82. The van der Waals surface area contributed by atoms with Gasteiger partial charge in [-0.1, -0.05) is 30.3 Å². The molecule has 3 aromatic rings. The predicted octanol–water partition coefficient (Wildman–Crippen LogP) is 4.76. The van der Waals surface area contributed by atoms with E-state index in [9.17, 15) is 9.59 Å². The van der Waals surface area contributed by atoms with Crippen molar-refractivity contribution in [1.29, 1.82) is 0 Å². The van der Waals surface area contributed by atoms with Gasteiger partial charge in [0.2, 0.25) is 11.8 Å². The van der Waals surface area contributed by atoms with Crippen LogP contribution in [0.2, 0.25) is 0 Å². The van der Waals surface area contributed by atoms with Crippen molar-refractivity contribution in [2.24, 2.45) is 0 Å². The van der Waals surface area contributed by atoms with Crippen LogP contribution in [0.25, 0.3) is 0 Å². The van der Waals surface area contributed by atoms with Gasteiger partial charge in [0, 0.05) is 22.3 Å². The first-order chi connectivity index (χ1) is 15.6. The summed E-state index contributed by atoms with van der Waals surface area (Å²) in [5.74, 6) is 1.16. The highest BCUT2D eigenvalue weighted by Crippen LogP contribution is 2.33. The fraction of sp³-hybridized carbons (Fsp3) is 0.200. The van der Waals surface area contributed by atoms with Crippen LogP contribution in [-0.2, 0) is 16.0 Å². The summed E-state index contributed by atoms with van der Waals surface area (Å²) in [6, 6.07) is 22.5. The van der Waals surface area contributed by atoms with Crippen LogP contribution >= 0.6 is 11.8 Å². The molecule has 32 heavy (non-hydrogen) atoms. The van der Waals surface area contributed by atoms with Gasteiger partial charge in [0.1, 0.15) is 13.2 Å². The molecule has 0 aromatic heterocycles. The Morgan fingerprint density at radius 2 is 1.56 bits per heavy atom. The van der Waals surface area contributed by atoms with Gasteiger partial charge in [0.15, 0.2) is 11.5 Å². The molecule has 164 valence electrons. The highest BCUT2D eigenvalue weighted by Gasteiger charge is 2.17. The number of rotatable bonds is 7. The van der Waals surface area contributed by atoms with Gasteiger partial charge in [-0.2, -0.15) is 0 Å². The molecule has 1 heterocycles. The summed E-state index contributed by atoms with van der Waals surface area (Å²) in [4.78, 5) is 25.8. The lowest BCUT2D eigenvalue weighted by Gasteiger charge is -2.19. The van der Waals surface area contributed by atoms with Gasteiger partial charge in [-0.3, -0.25) is 9.59 Å². The lowest BCUT2D eigenvalue weighted by atomic mass is 10.1. The Balaban J connectivity index is 1.29. The molecule has 4 rings (SSSR count). The van der Waals surface area contributed by atoms with E-state index in [4.69, 9.17) is 9.47 Å². The van der Waals surface area contributed by atoms with E-state index >= 15 is 0 Å². The maximum Gasteiger partial charge on any atom is 0.237 e. The molecule has 2 N–H and O–H groups in total. The van der Waals surface area contributed by atoms with Crippen LogP contribution < -0.4 is 20.1 Å². The van der Waals surface area contributed by atoms with Crippen LogP contribution in [0.3, 0.4) is 0 Å². The Labute approximate surface area is 191 Å². The van der Waals surface area contributed by atoms with Crippen molar-refractivity contribution < 1.29 is 19.1 Å². The molecule has 1 unspecified atom stereocenters. The molecular formula is C25H24N2O4S. The van der Waals surface area contributed by atoms with Crippen molar-refractivity contribution >= 4 is 35.0 Å². The molecule has 3 aromatic carbocycles. The molecule has 0 radical (unpaired) electrons. The minimum absolute atomic E-state index is 0.0659. The van der Waals surface area contributed by atoms with Crippen molar-refractivity contribution in [3.63, 3.8) is 0 Å². The summed E-state index contributed by atoms with van der Waals surface area (Å²) in [6.45, 7) is 2.88. The first kappa shape index (κ1) is 21.8. The van der Waals surface area contributed by atoms with E-state index in [0.717, 1.165) is 16.1 Å². The van der Waals surface area contributed by atoms with E-state index in [0.29, 0.717) is 36.8 Å². The van der Waals surface area contributed by atoms with Gasteiger partial charge < -0.3 is 20.1 Å². The third-order valence-electron chi connectivity index (χ3n) is 4.84. The van der Waals surface area contributed by atoms with Gasteiger partial charge in [-0.05, 0) is 48.9 Å². The molecule has 1 aliphatic heterocycles. The minimum atomic E-state index is -0.304. The summed E-state index contributed by atoms with van der Waals surface area (Å²) in [5.41, 5.74) is 2.36. The second-order valence-electron chi connectivity index (χ2n) is 7.34. The number of thioether (sulfide) groups is 1. The van der Waals surface area contributed by atoms with Crippen molar-refractivity contribution in [3.8, 4) is 11.5 Å². The number of fused-ring (bicyclic) bond motifs is 1. The number of carbonyl (C=O) groups is 2. The zero-order valence-corrected chi connectivity index (χ0v) is 18.5. The molecule has 0 saturated carbocycles. The molecule has 0 aliphatic carbocycles. The molecule has 1 aliphatic rings. The molecule has 6 nitrogen and oxygen atoms in total. The van der Waals surface area contributed by atoms with Crippen molar-refractivity contribution in [2.45, 2.75) is 23.5 Å². The van der Waals surface area contributed by atoms with Crippen LogP contribution in [0.4, 0.5) is 11.4 Å². The Morgan fingerprint density at radius 1 is 0.875 bits per heavy atom. The van der Waals surface area contributed by atoms with Crippen molar-refractivity contribution in [3.05, 3.63) is 78.4 Å². The smallest absolute Gasteiger partial charge is 0.237 e. The highest BCUT2D eigenvalue weighted by atomic mass is 32.2. The fourth-order valence-electron chi connectivity index (χ4n) is 3.23. The largest absolute Gasteiger partial charge is 0.486 e. The average Bonchev–Trinajstić information content (AvgIpc) is 2.81. The zero-order valence-electron chi connectivity index (χ0n) is 17.7. The van der Waals surface area contributed by atoms with E-state index in [1.165, 1.54) is 11.8 Å². The van der Waals surface area contributed by atoms with Gasteiger partial charge in [-0.15, -0.1) is 11.8 Å². The number of carbonyl (C=O) groups excluding carboxylic acids is 2. The lowest BCUT2D eigenvalue weighted by molar-refractivity contribution is -0.116. The van der Waals surface area contributed by atoms with Gasteiger partial charge in [-0.25, -0.2) is 0 Å². The molecule has 0 fully saturated rings. The highest BCUT2D eigenvalue weighted by molar-refractivity contribution is 8.00. The number of benzene rings is 3. The first-order valence-electron chi connectivity index (χ1n) is 10.4. The topological polar surface area (TPSA) is 76.7 Å². The summed E-state index contributed by atoms with van der Waals surface area (Å²) < 4.78 is 11.1. The third-order valence-corrected chi connectivity index (χ3v) is 5.95. The van der Waals surface area contributed by atoms with Gasteiger partial charge in [0.25, 0.3) is 0 Å². The number of ether oxygens (including phenoxy) is 2. The standard InChI is InChI=1S/C25H24N2O4S/c1-17(25(29)27-20-9-12-22-23(16-20)31-14-13-30-22)32-21-10-7-19(8-11-21)26-24(28)15-18-5-3-2-4-6-18/h2-12,16-17H,13-15H2,1H3,(H,26,28)(H,27,29). The van der Waals surface area contributed by atoms with E-state index in [-0.39, 0.29) is 17.1 Å². The van der Waals surface area contributed by atoms with Crippen LogP contribution in [0.1, 0.15) is 12.5 Å². The summed E-state index contributed by atoms with van der Waals surface area (Å²) in [6.07, 6.45) is 0.328. The zero-order chi connectivity index (χ0) is 22.3. The normalized spacial score (nSPS) is 13.2. The molecule has 7 heteroatoms. The van der Waals surface area contributed by atoms with Crippen molar-refractivity contribution in [2.75, 3.05) is 23.8 Å². The quantitative estimate of drug-likeness (QED) is 0.510. The van der Waals surface area contributed by atoms with Crippen molar-refractivity contribution in [1.82, 2.24) is 0 Å². The van der Waals surface area contributed by atoms with E-state index < -0.39 is 0 Å². The molecule has 1 atom stereocenters. The summed E-state index contributed by atoms with van der Waals surface area (Å²) in [5, 5.41) is 5.52. The maximum atomic E-state index is 12.6. The number of hydrogen-bond donors (Lipinski definition) is 2. The lowest BCUT2D eigenvalue weighted by Crippen LogP contribution is -2.22. The Kier molecular flexibility index (Phi) is 6.97. The van der Waals surface area contributed by atoms with Gasteiger partial charge >= 0.3 is 0 Å². The van der Waals surface area contributed by atoms with E-state index in [1.807, 2.05) is 61.5 Å². The van der Waals surface area contributed by atoms with Gasteiger partial charge in [0.05, 0.1) is 11.7 Å². The minimum Gasteiger partial charge on any atom is -0.486 e. The number of hydrogen-bond acceptors (Lipinski definition) is 5. The average molecular weight is 449 g/mol. The SMILES string of the molecule is CC(Sc1ccc(NC(=O)Cc2ccccc2)cc1)C(=O)Nc1ccc2c(c1)OCCO2. The Bertz CT molecular complexity index is 1090. The van der Waals surface area contributed by atoms with Crippen LogP contribution in [0, 0.1) is 0 Å². The van der Waals surface area contributed by atoms with E-state index in [1.54, 1.807) is 18.2 Å². The Morgan fingerprint density at radius 3 is 2.31 bits per heavy atom. The molecular weight excluding hydrogens is 424 g/mol. The monoisotopic (exact) mass is 448 g/mol. The summed E-state index contributed by atoms with van der Waals surface area (Å²) in [7, 11) is 0. The van der Waals surface area contributed by atoms with E-state index in [2.05, 4.69) is 10.6 Å². The van der Waals surface area contributed by atoms with Crippen LogP contribution in [-0.4, -0.2) is 30.3 Å². The summed E-state index contributed by atoms with van der Waals surface area (Å²) >= 11 is 1.45. The maximum absolute atomic E-state index is 12.6. The molecule has 0 spiro atoms. The van der Waals surface area contributed by atoms with Crippen LogP contribution in [0.15, 0.2) is 77.7 Å². The molecule has 2 amide bonds. The second kappa shape index (κ2) is 10.2. The number of amides is 2. The number of anilines is 2. The molecule has 0 bridgehead atoms. The number of nitrogens with one attached hydrogen (secondary N) is 2.